The van der Waals surface area contributed by atoms with E-state index in [0.717, 1.165) is 17.5 Å². The summed E-state index contributed by atoms with van der Waals surface area (Å²) in [5.41, 5.74) is 1.75. The van der Waals surface area contributed by atoms with E-state index in [-0.39, 0.29) is 13.2 Å². The Morgan fingerprint density at radius 1 is 1.15 bits per heavy atom. The monoisotopic (exact) mass is 451 g/mol. The Bertz CT molecular complexity index is 1260. The molecule has 172 valence electrons. The standard InChI is InChI=1S/C25H25NO7/c1-25(2)10-9-16-18(33-25)12-19(31-14-20(27)26-13-22(29)30-3)23-17(11-21(28)32-24(16)23)15-7-5-4-6-8-15/h4-8,11-12H,9-10,13-14H2,1-3H3,(H,26,27). The molecule has 0 radical (unpaired) electrons. The average Bonchev–Trinajstić information content (AvgIpc) is 2.80. The van der Waals surface area contributed by atoms with E-state index < -0.39 is 23.1 Å². The van der Waals surface area contributed by atoms with Crippen molar-refractivity contribution in [2.24, 2.45) is 0 Å². The van der Waals surface area contributed by atoms with Crippen LogP contribution in [0.1, 0.15) is 25.8 Å². The van der Waals surface area contributed by atoms with Gasteiger partial charge in [0, 0.05) is 23.3 Å². The highest BCUT2D eigenvalue weighted by Crippen LogP contribution is 2.44. The molecule has 0 saturated carbocycles. The number of methoxy groups -OCH3 is 1. The van der Waals surface area contributed by atoms with Crippen LogP contribution in [0.3, 0.4) is 0 Å². The van der Waals surface area contributed by atoms with Crippen molar-refractivity contribution in [2.75, 3.05) is 20.3 Å². The van der Waals surface area contributed by atoms with E-state index in [1.54, 1.807) is 6.07 Å². The number of fused-ring (bicyclic) bond motifs is 3. The van der Waals surface area contributed by atoms with Gasteiger partial charge in [0.1, 0.15) is 29.2 Å². The van der Waals surface area contributed by atoms with Crippen LogP contribution in [0, 0.1) is 0 Å². The van der Waals surface area contributed by atoms with Crippen LogP contribution in [0.15, 0.2) is 51.7 Å². The first-order valence-electron chi connectivity index (χ1n) is 10.6. The maximum atomic E-state index is 12.5. The molecule has 8 heteroatoms. The number of carbonyl (C=O) groups excluding carboxylic acids is 2. The van der Waals surface area contributed by atoms with Crippen molar-refractivity contribution in [1.82, 2.24) is 5.32 Å². The molecule has 2 aromatic carbocycles. The van der Waals surface area contributed by atoms with E-state index in [1.807, 2.05) is 44.2 Å². The Morgan fingerprint density at radius 2 is 1.91 bits per heavy atom. The minimum absolute atomic E-state index is 0.259. The number of amides is 1. The van der Waals surface area contributed by atoms with Crippen molar-refractivity contribution in [3.05, 3.63) is 58.4 Å². The van der Waals surface area contributed by atoms with Gasteiger partial charge in [0.05, 0.1) is 12.5 Å². The van der Waals surface area contributed by atoms with Crippen LogP contribution < -0.4 is 20.4 Å². The van der Waals surface area contributed by atoms with Gasteiger partial charge in [-0.2, -0.15) is 0 Å². The van der Waals surface area contributed by atoms with Gasteiger partial charge < -0.3 is 23.9 Å². The third-order valence-electron chi connectivity index (χ3n) is 5.51. The lowest BCUT2D eigenvalue weighted by atomic mass is 9.91. The smallest absolute Gasteiger partial charge is 0.336 e. The summed E-state index contributed by atoms with van der Waals surface area (Å²) in [6, 6.07) is 12.6. The van der Waals surface area contributed by atoms with Crippen LogP contribution in [0.2, 0.25) is 0 Å². The second-order valence-electron chi connectivity index (χ2n) is 8.40. The van der Waals surface area contributed by atoms with Crippen LogP contribution in [-0.4, -0.2) is 37.7 Å². The zero-order valence-corrected chi connectivity index (χ0v) is 18.7. The molecule has 8 nitrogen and oxygen atoms in total. The molecule has 0 aliphatic carbocycles. The third kappa shape index (κ3) is 4.84. The van der Waals surface area contributed by atoms with Crippen LogP contribution in [-0.2, 0) is 20.7 Å². The summed E-state index contributed by atoms with van der Waals surface area (Å²) in [4.78, 5) is 36.0. The summed E-state index contributed by atoms with van der Waals surface area (Å²) in [6.07, 6.45) is 1.42. The zero-order chi connectivity index (χ0) is 23.6. The fourth-order valence-corrected chi connectivity index (χ4v) is 3.84. The highest BCUT2D eigenvalue weighted by molar-refractivity contribution is 6.00. The molecular formula is C25H25NO7. The lowest BCUT2D eigenvalue weighted by Gasteiger charge is -2.33. The fourth-order valence-electron chi connectivity index (χ4n) is 3.84. The third-order valence-corrected chi connectivity index (χ3v) is 5.51. The predicted octanol–water partition coefficient (Wildman–Crippen LogP) is 3.23. The number of ether oxygens (including phenoxy) is 3. The molecule has 0 fully saturated rings. The highest BCUT2D eigenvalue weighted by Gasteiger charge is 2.31. The minimum Gasteiger partial charge on any atom is -0.487 e. The summed E-state index contributed by atoms with van der Waals surface area (Å²) >= 11 is 0. The molecule has 0 unspecified atom stereocenters. The molecule has 1 amide bonds. The molecule has 2 heterocycles. The quantitative estimate of drug-likeness (QED) is 0.453. The summed E-state index contributed by atoms with van der Waals surface area (Å²) in [5.74, 6) is -0.160. The zero-order valence-electron chi connectivity index (χ0n) is 18.7. The van der Waals surface area contributed by atoms with Crippen LogP contribution in [0.25, 0.3) is 22.1 Å². The number of nitrogens with one attached hydrogen (secondary N) is 1. The number of aryl methyl sites for hydroxylation is 1. The number of benzene rings is 2. The Morgan fingerprint density at radius 3 is 2.64 bits per heavy atom. The Kier molecular flexibility index (Phi) is 6.09. The number of esters is 1. The molecule has 1 aliphatic heterocycles. The van der Waals surface area contributed by atoms with E-state index in [2.05, 4.69) is 10.1 Å². The number of rotatable bonds is 6. The van der Waals surface area contributed by atoms with E-state index in [9.17, 15) is 14.4 Å². The molecule has 0 saturated heterocycles. The topological polar surface area (TPSA) is 104 Å². The molecule has 0 spiro atoms. The van der Waals surface area contributed by atoms with Crippen LogP contribution in [0.5, 0.6) is 11.5 Å². The fraction of sp³-hybridized carbons (Fsp3) is 0.320. The average molecular weight is 451 g/mol. The molecule has 0 atom stereocenters. The molecule has 0 bridgehead atoms. The maximum Gasteiger partial charge on any atom is 0.336 e. The van der Waals surface area contributed by atoms with Crippen LogP contribution >= 0.6 is 0 Å². The van der Waals surface area contributed by atoms with Crippen molar-refractivity contribution in [2.45, 2.75) is 32.3 Å². The summed E-state index contributed by atoms with van der Waals surface area (Å²) in [5, 5.41) is 3.03. The van der Waals surface area contributed by atoms with Gasteiger partial charge in [-0.25, -0.2) is 4.79 Å². The van der Waals surface area contributed by atoms with Gasteiger partial charge in [-0.1, -0.05) is 30.3 Å². The van der Waals surface area contributed by atoms with E-state index >= 15 is 0 Å². The summed E-state index contributed by atoms with van der Waals surface area (Å²) in [6.45, 7) is 3.36. The second-order valence-corrected chi connectivity index (χ2v) is 8.40. The first kappa shape index (κ1) is 22.4. The largest absolute Gasteiger partial charge is 0.487 e. The molecule has 1 aliphatic rings. The van der Waals surface area contributed by atoms with Crippen molar-refractivity contribution >= 4 is 22.8 Å². The number of carbonyl (C=O) groups is 2. The van der Waals surface area contributed by atoms with Crippen molar-refractivity contribution in [1.29, 1.82) is 0 Å². The molecule has 4 rings (SSSR count). The first-order chi connectivity index (χ1) is 15.8. The lowest BCUT2D eigenvalue weighted by molar-refractivity contribution is -0.141. The van der Waals surface area contributed by atoms with Gasteiger partial charge in [0.15, 0.2) is 6.61 Å². The van der Waals surface area contributed by atoms with Gasteiger partial charge in [-0.05, 0) is 32.3 Å². The lowest BCUT2D eigenvalue weighted by Crippen LogP contribution is -2.34. The van der Waals surface area contributed by atoms with Gasteiger partial charge in [-0.3, -0.25) is 9.59 Å². The molecular weight excluding hydrogens is 426 g/mol. The van der Waals surface area contributed by atoms with E-state index in [1.165, 1.54) is 13.2 Å². The first-order valence-corrected chi connectivity index (χ1v) is 10.6. The van der Waals surface area contributed by atoms with E-state index in [4.69, 9.17) is 13.9 Å². The van der Waals surface area contributed by atoms with Gasteiger partial charge in [-0.15, -0.1) is 0 Å². The number of hydrogen-bond acceptors (Lipinski definition) is 7. The summed E-state index contributed by atoms with van der Waals surface area (Å²) in [7, 11) is 1.24. The molecule has 1 aromatic heterocycles. The normalized spacial score (nSPS) is 14.2. The molecule has 1 N–H and O–H groups in total. The Balaban J connectivity index is 1.81. The second kappa shape index (κ2) is 8.97. The summed E-state index contributed by atoms with van der Waals surface area (Å²) < 4.78 is 22.2. The van der Waals surface area contributed by atoms with Crippen molar-refractivity contribution in [3.8, 4) is 22.6 Å². The Hall–Kier alpha value is -3.81. The van der Waals surface area contributed by atoms with Crippen LogP contribution in [0.4, 0.5) is 0 Å². The van der Waals surface area contributed by atoms with Gasteiger partial charge in [0.2, 0.25) is 0 Å². The SMILES string of the molecule is COC(=O)CNC(=O)COc1cc2c(c3oc(=O)cc(-c4ccccc4)c13)CCC(C)(C)O2. The molecule has 33 heavy (non-hydrogen) atoms. The maximum absolute atomic E-state index is 12.5. The minimum atomic E-state index is -0.564. The van der Waals surface area contributed by atoms with Crippen molar-refractivity contribution in [3.63, 3.8) is 0 Å². The Labute approximate surface area is 190 Å². The van der Waals surface area contributed by atoms with Crippen molar-refractivity contribution < 1.29 is 28.2 Å². The van der Waals surface area contributed by atoms with Gasteiger partial charge >= 0.3 is 11.6 Å². The molecule has 3 aromatic rings. The number of hydrogen-bond donors (Lipinski definition) is 1. The predicted molar refractivity (Wildman–Crippen MR) is 121 cm³/mol. The highest BCUT2D eigenvalue weighted by atomic mass is 16.5. The van der Waals surface area contributed by atoms with E-state index in [0.29, 0.717) is 34.5 Å². The van der Waals surface area contributed by atoms with Gasteiger partial charge in [0.25, 0.3) is 5.91 Å².